The van der Waals surface area contributed by atoms with Gasteiger partial charge in [-0.15, -0.1) is 0 Å². The highest BCUT2D eigenvalue weighted by Gasteiger charge is 2.22. The van der Waals surface area contributed by atoms with Crippen molar-refractivity contribution in [2.45, 2.75) is 25.9 Å². The molecule has 0 spiro atoms. The Balaban J connectivity index is 1.68. The van der Waals surface area contributed by atoms with Gasteiger partial charge in [-0.2, -0.15) is 0 Å². The van der Waals surface area contributed by atoms with Gasteiger partial charge in [-0.25, -0.2) is 4.79 Å². The van der Waals surface area contributed by atoms with E-state index in [0.717, 1.165) is 16.7 Å². The molecule has 3 rings (SSSR count). The molecule has 144 valence electrons. The first-order chi connectivity index (χ1) is 13.4. The van der Waals surface area contributed by atoms with Crippen LogP contribution < -0.4 is 10.2 Å². The summed E-state index contributed by atoms with van der Waals surface area (Å²) >= 11 is 5.91. The number of aliphatic carboxylic acids is 1. The third-order valence-corrected chi connectivity index (χ3v) is 4.62. The molecular weight excluding hydrogens is 380 g/mol. The predicted octanol–water partition coefficient (Wildman–Crippen LogP) is 4.73. The van der Waals surface area contributed by atoms with Crippen molar-refractivity contribution >= 4 is 17.6 Å². The number of carbonyl (C=O) groups is 1. The molecule has 1 aromatic heterocycles. The first kappa shape index (κ1) is 19.7. The van der Waals surface area contributed by atoms with Gasteiger partial charge in [0.05, 0.1) is 6.26 Å². The molecule has 0 saturated heterocycles. The Morgan fingerprint density at radius 3 is 2.25 bits per heavy atom. The van der Waals surface area contributed by atoms with Crippen LogP contribution in [0.5, 0.6) is 5.75 Å². The highest BCUT2D eigenvalue weighted by atomic mass is 35.5. The topological polar surface area (TPSA) is 76.7 Å². The van der Waals surface area contributed by atoms with Crippen molar-refractivity contribution in [3.63, 3.8) is 0 Å². The van der Waals surface area contributed by atoms with Gasteiger partial charge in [-0.3, -0.25) is 4.79 Å². The van der Waals surface area contributed by atoms with Gasteiger partial charge in [0.1, 0.15) is 5.76 Å². The lowest BCUT2D eigenvalue weighted by atomic mass is 10.0. The van der Waals surface area contributed by atoms with Crippen molar-refractivity contribution in [3.8, 4) is 16.9 Å². The molecule has 6 heteroatoms. The zero-order valence-corrected chi connectivity index (χ0v) is 16.0. The van der Waals surface area contributed by atoms with Crippen LogP contribution in [0.4, 0.5) is 0 Å². The van der Waals surface area contributed by atoms with Crippen molar-refractivity contribution in [2.75, 3.05) is 0 Å². The van der Waals surface area contributed by atoms with Crippen LogP contribution in [-0.4, -0.2) is 17.2 Å². The summed E-state index contributed by atoms with van der Waals surface area (Å²) in [6, 6.07) is 16.6. The van der Waals surface area contributed by atoms with Crippen molar-refractivity contribution in [2.24, 2.45) is 0 Å². The highest BCUT2D eigenvalue weighted by Crippen LogP contribution is 2.23. The summed E-state index contributed by atoms with van der Waals surface area (Å²) in [4.78, 5) is 23.4. The molecule has 0 saturated carbocycles. The lowest BCUT2D eigenvalue weighted by molar-refractivity contribution is -0.145. The van der Waals surface area contributed by atoms with E-state index in [9.17, 15) is 14.7 Å². The molecular formula is C22H19ClO5. The first-order valence-electron chi connectivity index (χ1n) is 8.77. The van der Waals surface area contributed by atoms with E-state index < -0.39 is 17.5 Å². The average Bonchev–Trinajstić information content (AvgIpc) is 2.68. The standard InChI is InChI=1S/C22H19ClO5/c1-14-21(19(24)12-13-27-14)28-20(22(25)26)11-4-15-2-5-16(6-3-15)17-7-9-18(23)10-8-17/h2-3,5-10,12-13,20H,4,11H2,1H3,(H,25,26). The van der Waals surface area contributed by atoms with Crippen LogP contribution in [-0.2, 0) is 11.2 Å². The lowest BCUT2D eigenvalue weighted by Gasteiger charge is -2.15. The maximum absolute atomic E-state index is 11.9. The van der Waals surface area contributed by atoms with Crippen LogP contribution in [0.2, 0.25) is 5.02 Å². The van der Waals surface area contributed by atoms with E-state index in [0.29, 0.717) is 11.4 Å². The zero-order chi connectivity index (χ0) is 20.1. The lowest BCUT2D eigenvalue weighted by Crippen LogP contribution is -2.29. The third-order valence-electron chi connectivity index (χ3n) is 4.37. The molecule has 28 heavy (non-hydrogen) atoms. The molecule has 0 bridgehead atoms. The molecule has 1 unspecified atom stereocenters. The maximum atomic E-state index is 11.9. The third kappa shape index (κ3) is 4.81. The van der Waals surface area contributed by atoms with E-state index in [1.807, 2.05) is 48.5 Å². The first-order valence-corrected chi connectivity index (χ1v) is 9.14. The van der Waals surface area contributed by atoms with Gasteiger partial charge in [-0.1, -0.05) is 48.0 Å². The van der Waals surface area contributed by atoms with Crippen LogP contribution in [0.3, 0.4) is 0 Å². The largest absolute Gasteiger partial charge is 0.479 e. The van der Waals surface area contributed by atoms with E-state index in [4.69, 9.17) is 20.8 Å². The minimum absolute atomic E-state index is 0.0620. The smallest absolute Gasteiger partial charge is 0.344 e. The molecule has 0 fully saturated rings. The average molecular weight is 399 g/mol. The minimum atomic E-state index is -1.14. The fraction of sp³-hybridized carbons (Fsp3) is 0.182. The van der Waals surface area contributed by atoms with E-state index >= 15 is 0 Å². The Morgan fingerprint density at radius 1 is 1.07 bits per heavy atom. The number of hydrogen-bond donors (Lipinski definition) is 1. The number of benzene rings is 2. The molecule has 1 heterocycles. The second kappa shape index (κ2) is 8.76. The number of carboxylic acid groups (broad SMARTS) is 1. The zero-order valence-electron chi connectivity index (χ0n) is 15.2. The fourth-order valence-corrected chi connectivity index (χ4v) is 2.95. The highest BCUT2D eigenvalue weighted by molar-refractivity contribution is 6.30. The van der Waals surface area contributed by atoms with Gasteiger partial charge >= 0.3 is 5.97 Å². The molecule has 1 atom stereocenters. The van der Waals surface area contributed by atoms with Crippen molar-refractivity contribution < 1.29 is 19.1 Å². The Labute approximate surface area is 167 Å². The molecule has 0 aliphatic rings. The molecule has 5 nitrogen and oxygen atoms in total. The quantitative estimate of drug-likeness (QED) is 0.622. The molecule has 1 N–H and O–H groups in total. The summed E-state index contributed by atoms with van der Waals surface area (Å²) in [6.07, 6.45) is 0.834. The molecule has 0 amide bonds. The Hall–Kier alpha value is -3.05. The number of aryl methyl sites for hydroxylation is 2. The predicted molar refractivity (Wildman–Crippen MR) is 107 cm³/mol. The summed E-state index contributed by atoms with van der Waals surface area (Å²) in [5.41, 5.74) is 2.67. The van der Waals surface area contributed by atoms with Gasteiger partial charge in [0, 0.05) is 11.1 Å². The molecule has 0 radical (unpaired) electrons. The van der Waals surface area contributed by atoms with Crippen LogP contribution in [0.15, 0.2) is 70.1 Å². The SMILES string of the molecule is Cc1occc(=O)c1OC(CCc1ccc(-c2ccc(Cl)cc2)cc1)C(=O)O. The van der Waals surface area contributed by atoms with Crippen LogP contribution in [0.25, 0.3) is 11.1 Å². The van der Waals surface area contributed by atoms with E-state index in [1.54, 1.807) is 6.92 Å². The second-order valence-corrected chi connectivity index (χ2v) is 6.79. The van der Waals surface area contributed by atoms with Gasteiger partial charge in [-0.05, 0) is 48.6 Å². The van der Waals surface area contributed by atoms with Gasteiger partial charge in [0.2, 0.25) is 11.2 Å². The summed E-state index contributed by atoms with van der Waals surface area (Å²) in [5, 5.41) is 10.1. The molecule has 0 aliphatic heterocycles. The minimum Gasteiger partial charge on any atom is -0.479 e. The number of carboxylic acids is 1. The second-order valence-electron chi connectivity index (χ2n) is 6.36. The Bertz CT molecular complexity index is 1010. The van der Waals surface area contributed by atoms with E-state index in [1.165, 1.54) is 12.3 Å². The monoisotopic (exact) mass is 398 g/mol. The summed E-state index contributed by atoms with van der Waals surface area (Å²) in [5.74, 6) is -0.931. The van der Waals surface area contributed by atoms with Crippen LogP contribution in [0.1, 0.15) is 17.7 Å². The van der Waals surface area contributed by atoms with Crippen molar-refractivity contribution in [3.05, 3.63) is 87.4 Å². The number of hydrogen-bond acceptors (Lipinski definition) is 4. The summed E-state index contributed by atoms with van der Waals surface area (Å²) in [6.45, 7) is 1.56. The molecule has 0 aliphatic carbocycles. The van der Waals surface area contributed by atoms with Crippen molar-refractivity contribution in [1.29, 1.82) is 0 Å². The van der Waals surface area contributed by atoms with E-state index in [2.05, 4.69) is 0 Å². The van der Waals surface area contributed by atoms with E-state index in [-0.39, 0.29) is 17.9 Å². The summed E-state index contributed by atoms with van der Waals surface area (Å²) < 4.78 is 10.6. The Kier molecular flexibility index (Phi) is 6.16. The summed E-state index contributed by atoms with van der Waals surface area (Å²) in [7, 11) is 0. The maximum Gasteiger partial charge on any atom is 0.344 e. The fourth-order valence-electron chi connectivity index (χ4n) is 2.82. The van der Waals surface area contributed by atoms with Gasteiger partial charge in [0.15, 0.2) is 6.10 Å². The number of rotatable bonds is 7. The molecule has 3 aromatic rings. The van der Waals surface area contributed by atoms with Crippen LogP contribution >= 0.6 is 11.6 Å². The van der Waals surface area contributed by atoms with Crippen molar-refractivity contribution in [1.82, 2.24) is 0 Å². The number of ether oxygens (including phenoxy) is 1. The van der Waals surface area contributed by atoms with Gasteiger partial charge in [0.25, 0.3) is 0 Å². The van der Waals surface area contributed by atoms with Crippen LogP contribution in [0, 0.1) is 6.92 Å². The Morgan fingerprint density at radius 2 is 1.68 bits per heavy atom. The number of halogens is 1. The normalized spacial score (nSPS) is 11.8. The van der Waals surface area contributed by atoms with Gasteiger partial charge < -0.3 is 14.3 Å². The molecule has 2 aromatic carbocycles.